The Kier molecular flexibility index (Phi) is 7.00. The van der Waals surface area contributed by atoms with Crippen LogP contribution in [-0.2, 0) is 4.79 Å². The molecule has 0 bridgehead atoms. The lowest BCUT2D eigenvalue weighted by Crippen LogP contribution is -2.35. The highest BCUT2D eigenvalue weighted by atomic mass is 35.5. The van der Waals surface area contributed by atoms with E-state index in [9.17, 15) is 9.59 Å². The molecular weight excluding hydrogens is 254 g/mol. The summed E-state index contributed by atoms with van der Waals surface area (Å²) < 4.78 is 0. The van der Waals surface area contributed by atoms with E-state index in [1.165, 1.54) is 0 Å². The zero-order valence-electron chi connectivity index (χ0n) is 10.2. The van der Waals surface area contributed by atoms with Crippen LogP contribution >= 0.6 is 12.4 Å². The molecule has 1 atom stereocenters. The topological polar surface area (TPSA) is 98.2 Å². The average Bonchev–Trinajstić information content (AvgIpc) is 2.29. The monoisotopic (exact) mass is 271 g/mol. The summed E-state index contributed by atoms with van der Waals surface area (Å²) >= 11 is 0. The van der Waals surface area contributed by atoms with Crippen molar-refractivity contribution in [2.75, 3.05) is 5.32 Å². The minimum absolute atomic E-state index is 0. The number of nitrogens with one attached hydrogen (secondary N) is 1. The zero-order valence-corrected chi connectivity index (χ0v) is 11.0. The van der Waals surface area contributed by atoms with E-state index in [1.54, 1.807) is 24.3 Å². The van der Waals surface area contributed by atoms with Gasteiger partial charge in [-0.3, -0.25) is 9.59 Å². The van der Waals surface area contributed by atoms with E-state index in [0.29, 0.717) is 12.1 Å². The molecule has 0 aromatic heterocycles. The maximum Gasteiger partial charge on any atom is 0.250 e. The number of amides is 2. The van der Waals surface area contributed by atoms with Gasteiger partial charge in [0.25, 0.3) is 5.91 Å². The van der Waals surface area contributed by atoms with Gasteiger partial charge in [0.1, 0.15) is 0 Å². The molecule has 1 rings (SSSR count). The van der Waals surface area contributed by atoms with Crippen molar-refractivity contribution in [2.45, 2.75) is 25.8 Å². The molecule has 100 valence electrons. The van der Waals surface area contributed by atoms with Gasteiger partial charge in [0, 0.05) is 0 Å². The van der Waals surface area contributed by atoms with E-state index in [0.717, 1.165) is 6.42 Å². The van der Waals surface area contributed by atoms with E-state index >= 15 is 0 Å². The molecule has 1 unspecified atom stereocenters. The summed E-state index contributed by atoms with van der Waals surface area (Å²) in [6.45, 7) is 1.95. The van der Waals surface area contributed by atoms with Crippen molar-refractivity contribution in [3.63, 3.8) is 0 Å². The molecule has 2 amide bonds. The second-order valence-corrected chi connectivity index (χ2v) is 3.79. The number of hydrogen-bond acceptors (Lipinski definition) is 3. The minimum Gasteiger partial charge on any atom is -0.366 e. The fourth-order valence-corrected chi connectivity index (χ4v) is 1.47. The molecule has 0 radical (unpaired) electrons. The van der Waals surface area contributed by atoms with E-state index < -0.39 is 11.9 Å². The largest absolute Gasteiger partial charge is 0.366 e. The van der Waals surface area contributed by atoms with Crippen LogP contribution in [0.15, 0.2) is 24.3 Å². The van der Waals surface area contributed by atoms with E-state index in [1.807, 2.05) is 6.92 Å². The summed E-state index contributed by atoms with van der Waals surface area (Å²) in [6, 6.07) is 6.01. The highest BCUT2D eigenvalue weighted by Gasteiger charge is 2.15. The molecule has 0 heterocycles. The first kappa shape index (κ1) is 16.4. The van der Waals surface area contributed by atoms with Gasteiger partial charge in [0.05, 0.1) is 17.3 Å². The first-order valence-corrected chi connectivity index (χ1v) is 5.51. The number of carbonyl (C=O) groups excluding carboxylic acids is 2. The second-order valence-electron chi connectivity index (χ2n) is 3.79. The average molecular weight is 272 g/mol. The maximum atomic E-state index is 11.7. The molecule has 0 spiro atoms. The Hall–Kier alpha value is -1.59. The highest BCUT2D eigenvalue weighted by molar-refractivity contribution is 6.04. The van der Waals surface area contributed by atoms with Crippen molar-refractivity contribution in [3.8, 4) is 0 Å². The maximum absolute atomic E-state index is 11.7. The van der Waals surface area contributed by atoms with E-state index in [4.69, 9.17) is 11.5 Å². The van der Waals surface area contributed by atoms with E-state index in [2.05, 4.69) is 5.32 Å². The Balaban J connectivity index is 0.00000289. The van der Waals surface area contributed by atoms with Crippen LogP contribution in [0, 0.1) is 0 Å². The van der Waals surface area contributed by atoms with Gasteiger partial charge < -0.3 is 16.8 Å². The molecule has 18 heavy (non-hydrogen) atoms. The molecule has 0 aliphatic carbocycles. The van der Waals surface area contributed by atoms with Crippen molar-refractivity contribution < 1.29 is 9.59 Å². The predicted molar refractivity (Wildman–Crippen MR) is 73.7 cm³/mol. The van der Waals surface area contributed by atoms with Crippen LogP contribution in [-0.4, -0.2) is 17.9 Å². The normalized spacial score (nSPS) is 11.2. The molecule has 0 aliphatic heterocycles. The molecule has 6 heteroatoms. The molecule has 1 aromatic rings. The molecule has 0 saturated heterocycles. The van der Waals surface area contributed by atoms with Crippen LogP contribution in [0.2, 0.25) is 0 Å². The number of benzene rings is 1. The van der Waals surface area contributed by atoms with Crippen LogP contribution in [0.3, 0.4) is 0 Å². The summed E-state index contributed by atoms with van der Waals surface area (Å²) in [7, 11) is 0. The SMILES string of the molecule is CCCC(N)C(=O)Nc1ccccc1C(N)=O.Cl. The van der Waals surface area contributed by atoms with Gasteiger partial charge in [0.2, 0.25) is 5.91 Å². The Bertz CT molecular complexity index is 424. The quantitative estimate of drug-likeness (QED) is 0.752. The van der Waals surface area contributed by atoms with Crippen LogP contribution in [0.4, 0.5) is 5.69 Å². The number of anilines is 1. The van der Waals surface area contributed by atoms with Crippen molar-refractivity contribution in [2.24, 2.45) is 11.5 Å². The fourth-order valence-electron chi connectivity index (χ4n) is 1.47. The van der Waals surface area contributed by atoms with Crippen LogP contribution in [0.5, 0.6) is 0 Å². The third-order valence-corrected chi connectivity index (χ3v) is 2.39. The van der Waals surface area contributed by atoms with Crippen molar-refractivity contribution in [1.29, 1.82) is 0 Å². The minimum atomic E-state index is -0.579. The summed E-state index contributed by atoms with van der Waals surface area (Å²) in [5, 5.41) is 2.61. The van der Waals surface area contributed by atoms with Gasteiger partial charge in [-0.2, -0.15) is 0 Å². The number of nitrogens with two attached hydrogens (primary N) is 2. The molecule has 5 nitrogen and oxygen atoms in total. The van der Waals surface area contributed by atoms with Gasteiger partial charge in [-0.05, 0) is 18.6 Å². The lowest BCUT2D eigenvalue weighted by atomic mass is 10.1. The molecular formula is C12H18ClN3O2. The fraction of sp³-hybridized carbons (Fsp3) is 0.333. The lowest BCUT2D eigenvalue weighted by Gasteiger charge is -2.12. The number of rotatable bonds is 5. The molecule has 1 aromatic carbocycles. The van der Waals surface area contributed by atoms with Gasteiger partial charge >= 0.3 is 0 Å². The van der Waals surface area contributed by atoms with Crippen LogP contribution in [0.1, 0.15) is 30.1 Å². The number of halogens is 1. The summed E-state index contributed by atoms with van der Waals surface area (Å²) in [6.07, 6.45) is 1.43. The van der Waals surface area contributed by atoms with Gasteiger partial charge in [-0.1, -0.05) is 25.5 Å². The standard InChI is InChI=1S/C12H17N3O2.ClH/c1-2-5-9(13)12(17)15-10-7-4-3-6-8(10)11(14)16;/h3-4,6-7,9H,2,5,13H2,1H3,(H2,14,16)(H,15,17);1H. The second kappa shape index (κ2) is 7.68. The van der Waals surface area contributed by atoms with Gasteiger partial charge in [0.15, 0.2) is 0 Å². The number of para-hydroxylation sites is 1. The Morgan fingerprint density at radius 2 is 1.94 bits per heavy atom. The van der Waals surface area contributed by atoms with Crippen molar-refractivity contribution >= 4 is 29.9 Å². The Morgan fingerprint density at radius 1 is 1.33 bits per heavy atom. The Labute approximate surface area is 112 Å². The van der Waals surface area contributed by atoms with Crippen LogP contribution in [0.25, 0.3) is 0 Å². The Morgan fingerprint density at radius 3 is 2.50 bits per heavy atom. The molecule has 5 N–H and O–H groups in total. The highest BCUT2D eigenvalue weighted by Crippen LogP contribution is 2.14. The van der Waals surface area contributed by atoms with Gasteiger partial charge in [-0.15, -0.1) is 12.4 Å². The summed E-state index contributed by atoms with van der Waals surface area (Å²) in [5.41, 5.74) is 11.6. The van der Waals surface area contributed by atoms with E-state index in [-0.39, 0.29) is 23.9 Å². The zero-order chi connectivity index (χ0) is 12.8. The smallest absolute Gasteiger partial charge is 0.250 e. The lowest BCUT2D eigenvalue weighted by molar-refractivity contribution is -0.117. The summed E-state index contributed by atoms with van der Waals surface area (Å²) in [5.74, 6) is -0.884. The molecule has 0 aliphatic rings. The molecule has 0 fully saturated rings. The summed E-state index contributed by atoms with van der Waals surface area (Å²) in [4.78, 5) is 22.8. The number of primary amides is 1. The van der Waals surface area contributed by atoms with Crippen molar-refractivity contribution in [3.05, 3.63) is 29.8 Å². The van der Waals surface area contributed by atoms with Crippen LogP contribution < -0.4 is 16.8 Å². The van der Waals surface area contributed by atoms with Gasteiger partial charge in [-0.25, -0.2) is 0 Å². The number of carbonyl (C=O) groups is 2. The first-order valence-electron chi connectivity index (χ1n) is 5.51. The molecule has 0 saturated carbocycles. The predicted octanol–water partition coefficient (Wildman–Crippen LogP) is 1.27. The van der Waals surface area contributed by atoms with Crippen molar-refractivity contribution in [1.82, 2.24) is 0 Å². The third kappa shape index (κ3) is 4.35. The number of hydrogen-bond donors (Lipinski definition) is 3. The first-order chi connectivity index (χ1) is 8.06. The third-order valence-electron chi connectivity index (χ3n) is 2.39.